The molecule has 0 spiro atoms. The Morgan fingerprint density at radius 1 is 1.50 bits per heavy atom. The number of sulfonamides is 1. The SMILES string of the molecule is CNCCCS(=O)(=O)NC1CCCc2sccc21. The van der Waals surface area contributed by atoms with Gasteiger partial charge in [0.2, 0.25) is 10.0 Å². The largest absolute Gasteiger partial charge is 0.320 e. The van der Waals surface area contributed by atoms with E-state index in [9.17, 15) is 8.42 Å². The molecule has 1 aromatic heterocycles. The van der Waals surface area contributed by atoms with Crippen molar-refractivity contribution in [3.05, 3.63) is 21.9 Å². The summed E-state index contributed by atoms with van der Waals surface area (Å²) >= 11 is 1.73. The summed E-state index contributed by atoms with van der Waals surface area (Å²) < 4.78 is 26.8. The van der Waals surface area contributed by atoms with Crippen molar-refractivity contribution in [2.24, 2.45) is 0 Å². The summed E-state index contributed by atoms with van der Waals surface area (Å²) in [6.07, 6.45) is 3.71. The van der Waals surface area contributed by atoms with Gasteiger partial charge in [-0.25, -0.2) is 13.1 Å². The van der Waals surface area contributed by atoms with Gasteiger partial charge in [-0.05, 0) is 56.3 Å². The first-order valence-corrected chi connectivity index (χ1v) is 8.86. The summed E-state index contributed by atoms with van der Waals surface area (Å²) in [6.45, 7) is 0.731. The number of hydrogen-bond donors (Lipinski definition) is 2. The highest BCUT2D eigenvalue weighted by Gasteiger charge is 2.25. The quantitative estimate of drug-likeness (QED) is 0.783. The zero-order chi connectivity index (χ0) is 13.0. The molecule has 1 aliphatic carbocycles. The van der Waals surface area contributed by atoms with Gasteiger partial charge in [0.15, 0.2) is 0 Å². The van der Waals surface area contributed by atoms with Crippen LogP contribution in [0.2, 0.25) is 0 Å². The topological polar surface area (TPSA) is 58.2 Å². The summed E-state index contributed by atoms with van der Waals surface area (Å²) in [4.78, 5) is 1.34. The number of rotatable bonds is 6. The van der Waals surface area contributed by atoms with Gasteiger partial charge < -0.3 is 5.32 Å². The summed E-state index contributed by atoms with van der Waals surface area (Å²) in [5.41, 5.74) is 1.18. The molecular weight excluding hydrogens is 268 g/mol. The first-order valence-electron chi connectivity index (χ1n) is 6.33. The Balaban J connectivity index is 1.98. The first-order chi connectivity index (χ1) is 8.62. The van der Waals surface area contributed by atoms with Crippen molar-refractivity contribution < 1.29 is 8.42 Å². The second-order valence-electron chi connectivity index (χ2n) is 4.64. The minimum absolute atomic E-state index is 0.0143. The molecule has 0 fully saturated rings. The lowest BCUT2D eigenvalue weighted by atomic mass is 9.95. The van der Waals surface area contributed by atoms with E-state index in [0.717, 1.165) is 25.8 Å². The second-order valence-corrected chi connectivity index (χ2v) is 7.51. The van der Waals surface area contributed by atoms with Crippen LogP contribution >= 0.6 is 11.3 Å². The number of thiophene rings is 1. The molecule has 0 aliphatic heterocycles. The van der Waals surface area contributed by atoms with Crippen LogP contribution in [0.15, 0.2) is 11.4 Å². The molecule has 0 saturated carbocycles. The van der Waals surface area contributed by atoms with Crippen molar-refractivity contribution in [1.29, 1.82) is 0 Å². The van der Waals surface area contributed by atoms with E-state index >= 15 is 0 Å². The molecule has 1 atom stereocenters. The summed E-state index contributed by atoms with van der Waals surface area (Å²) in [5, 5.41) is 5.02. The minimum atomic E-state index is -3.16. The predicted molar refractivity (Wildman–Crippen MR) is 75.5 cm³/mol. The lowest BCUT2D eigenvalue weighted by Crippen LogP contribution is -2.33. The van der Waals surface area contributed by atoms with E-state index in [1.807, 2.05) is 7.05 Å². The van der Waals surface area contributed by atoms with E-state index < -0.39 is 10.0 Å². The standard InChI is InChI=1S/C12H20N2O2S2/c1-13-7-3-9-18(15,16)14-11-4-2-5-12-10(11)6-8-17-12/h6,8,11,13-14H,2-5,7,9H2,1H3. The number of hydrogen-bond acceptors (Lipinski definition) is 4. The fraction of sp³-hybridized carbons (Fsp3) is 0.667. The second kappa shape index (κ2) is 6.14. The van der Waals surface area contributed by atoms with Crippen LogP contribution < -0.4 is 10.0 Å². The lowest BCUT2D eigenvalue weighted by molar-refractivity contribution is 0.510. The number of fused-ring (bicyclic) bond motifs is 1. The molecule has 0 amide bonds. The Labute approximate surface area is 113 Å². The summed E-state index contributed by atoms with van der Waals surface area (Å²) in [5.74, 6) is 0.198. The zero-order valence-corrected chi connectivity index (χ0v) is 12.2. The summed E-state index contributed by atoms with van der Waals surface area (Å²) in [7, 11) is -1.33. The Morgan fingerprint density at radius 2 is 2.33 bits per heavy atom. The van der Waals surface area contributed by atoms with Gasteiger partial charge in [-0.1, -0.05) is 0 Å². The van der Waals surface area contributed by atoms with Gasteiger partial charge >= 0.3 is 0 Å². The fourth-order valence-electron chi connectivity index (χ4n) is 2.32. The van der Waals surface area contributed by atoms with Crippen molar-refractivity contribution in [2.75, 3.05) is 19.3 Å². The molecule has 1 aromatic rings. The van der Waals surface area contributed by atoms with Crippen LogP contribution in [0, 0.1) is 0 Å². The van der Waals surface area contributed by atoms with Crippen LogP contribution in [0.1, 0.15) is 35.7 Å². The van der Waals surface area contributed by atoms with E-state index in [1.165, 1.54) is 10.4 Å². The minimum Gasteiger partial charge on any atom is -0.320 e. The zero-order valence-electron chi connectivity index (χ0n) is 10.6. The van der Waals surface area contributed by atoms with Crippen LogP contribution in [-0.2, 0) is 16.4 Å². The monoisotopic (exact) mass is 288 g/mol. The fourth-order valence-corrected chi connectivity index (χ4v) is 4.63. The molecule has 2 N–H and O–H groups in total. The van der Waals surface area contributed by atoms with Gasteiger partial charge in [-0.15, -0.1) is 11.3 Å². The van der Waals surface area contributed by atoms with Crippen molar-refractivity contribution in [1.82, 2.24) is 10.0 Å². The Bertz CT molecular complexity index is 482. The van der Waals surface area contributed by atoms with Crippen LogP contribution in [0.5, 0.6) is 0 Å². The van der Waals surface area contributed by atoms with Crippen LogP contribution in [0.25, 0.3) is 0 Å². The van der Waals surface area contributed by atoms with Crippen molar-refractivity contribution in [3.8, 4) is 0 Å². The van der Waals surface area contributed by atoms with Crippen LogP contribution in [0.3, 0.4) is 0 Å². The maximum Gasteiger partial charge on any atom is 0.212 e. The van der Waals surface area contributed by atoms with Gasteiger partial charge in [0.1, 0.15) is 0 Å². The molecule has 2 rings (SSSR count). The normalized spacial score (nSPS) is 19.7. The third-order valence-corrected chi connectivity index (χ3v) is 5.68. The predicted octanol–water partition coefficient (Wildman–Crippen LogP) is 1.65. The molecule has 1 aliphatic rings. The van der Waals surface area contributed by atoms with Gasteiger partial charge in [0.05, 0.1) is 5.75 Å². The molecule has 0 saturated heterocycles. The van der Waals surface area contributed by atoms with Crippen molar-refractivity contribution >= 4 is 21.4 Å². The maximum atomic E-state index is 12.0. The molecular formula is C12H20N2O2S2. The molecule has 4 nitrogen and oxygen atoms in total. The molecule has 0 radical (unpaired) electrons. The Morgan fingerprint density at radius 3 is 3.11 bits per heavy atom. The number of aryl methyl sites for hydroxylation is 1. The molecule has 0 aromatic carbocycles. The molecule has 18 heavy (non-hydrogen) atoms. The summed E-state index contributed by atoms with van der Waals surface area (Å²) in [6, 6.07) is 2.04. The highest BCUT2D eigenvalue weighted by Crippen LogP contribution is 2.33. The van der Waals surface area contributed by atoms with E-state index in [4.69, 9.17) is 0 Å². The smallest absolute Gasteiger partial charge is 0.212 e. The highest BCUT2D eigenvalue weighted by atomic mass is 32.2. The highest BCUT2D eigenvalue weighted by molar-refractivity contribution is 7.89. The van der Waals surface area contributed by atoms with E-state index in [-0.39, 0.29) is 11.8 Å². The lowest BCUT2D eigenvalue weighted by Gasteiger charge is -2.23. The average molecular weight is 288 g/mol. The van der Waals surface area contributed by atoms with Gasteiger partial charge in [0.25, 0.3) is 0 Å². The third kappa shape index (κ3) is 3.54. The molecule has 6 heteroatoms. The van der Waals surface area contributed by atoms with Gasteiger partial charge in [-0.3, -0.25) is 0 Å². The van der Waals surface area contributed by atoms with Gasteiger partial charge in [0, 0.05) is 10.9 Å². The van der Waals surface area contributed by atoms with Crippen molar-refractivity contribution in [3.63, 3.8) is 0 Å². The Hall–Kier alpha value is -0.430. The molecule has 1 unspecified atom stereocenters. The van der Waals surface area contributed by atoms with E-state index in [0.29, 0.717) is 6.42 Å². The third-order valence-electron chi connectivity index (χ3n) is 3.21. The maximum absolute atomic E-state index is 12.0. The molecule has 1 heterocycles. The number of nitrogens with one attached hydrogen (secondary N) is 2. The van der Waals surface area contributed by atoms with Gasteiger partial charge in [-0.2, -0.15) is 0 Å². The van der Waals surface area contributed by atoms with Crippen LogP contribution in [0.4, 0.5) is 0 Å². The van der Waals surface area contributed by atoms with Crippen LogP contribution in [-0.4, -0.2) is 27.8 Å². The molecule has 102 valence electrons. The van der Waals surface area contributed by atoms with Crippen molar-refractivity contribution in [2.45, 2.75) is 31.7 Å². The average Bonchev–Trinajstić information content (AvgIpc) is 2.78. The van der Waals surface area contributed by atoms with E-state index in [2.05, 4.69) is 21.5 Å². The Kier molecular flexibility index (Phi) is 4.77. The molecule has 0 bridgehead atoms. The first kappa shape index (κ1) is 14.0. The van der Waals surface area contributed by atoms with E-state index in [1.54, 1.807) is 11.3 Å².